The first-order chi connectivity index (χ1) is 13.4. The number of fused-ring (bicyclic) bond motifs is 2. The second-order valence-electron chi connectivity index (χ2n) is 7.76. The molecule has 2 bridgehead atoms. The number of hydrogen-bond acceptors (Lipinski definition) is 4. The van der Waals surface area contributed by atoms with E-state index in [2.05, 4.69) is 5.32 Å². The third-order valence-corrected chi connectivity index (χ3v) is 7.94. The fourth-order valence-corrected chi connectivity index (χ4v) is 5.86. The van der Waals surface area contributed by atoms with Gasteiger partial charge in [0, 0.05) is 18.8 Å². The third kappa shape index (κ3) is 3.99. The van der Waals surface area contributed by atoms with E-state index in [1.54, 1.807) is 36.4 Å². The molecule has 4 rings (SSSR count). The highest BCUT2D eigenvalue weighted by atomic mass is 35.5. The smallest absolute Gasteiger partial charge is 0.264 e. The molecule has 0 aromatic heterocycles. The molecule has 3 N–H and O–H groups in total. The lowest BCUT2D eigenvalue weighted by Crippen LogP contribution is -2.42. The van der Waals surface area contributed by atoms with Crippen LogP contribution in [0.2, 0.25) is 0 Å². The Bertz CT molecular complexity index is 982. The summed E-state index contributed by atoms with van der Waals surface area (Å²) in [7, 11) is -2.21. The van der Waals surface area contributed by atoms with Crippen molar-refractivity contribution in [1.82, 2.24) is 0 Å². The first-order valence-electron chi connectivity index (χ1n) is 9.58. The molecule has 0 aliphatic heterocycles. The second kappa shape index (κ2) is 8.34. The normalized spacial score (nSPS) is 25.3. The SMILES string of the molecule is CN(c1ccccc1)S(=O)(=O)c1cccc(NC(=O)C2C3CCC(C3)C2N)c1.Cl. The Labute approximate surface area is 177 Å². The van der Waals surface area contributed by atoms with Crippen molar-refractivity contribution < 1.29 is 13.2 Å². The molecule has 0 saturated heterocycles. The van der Waals surface area contributed by atoms with Gasteiger partial charge in [0.2, 0.25) is 5.91 Å². The van der Waals surface area contributed by atoms with Crippen LogP contribution in [-0.2, 0) is 14.8 Å². The fraction of sp³-hybridized carbons (Fsp3) is 0.381. The number of anilines is 2. The minimum Gasteiger partial charge on any atom is -0.327 e. The van der Waals surface area contributed by atoms with Gasteiger partial charge in [-0.15, -0.1) is 12.4 Å². The van der Waals surface area contributed by atoms with Gasteiger partial charge in [-0.05, 0) is 61.4 Å². The average molecular weight is 436 g/mol. The Balaban J connectivity index is 0.00000240. The molecule has 0 radical (unpaired) electrons. The van der Waals surface area contributed by atoms with Crippen LogP contribution in [0.25, 0.3) is 0 Å². The molecule has 2 saturated carbocycles. The van der Waals surface area contributed by atoms with Crippen molar-refractivity contribution in [2.24, 2.45) is 23.5 Å². The Morgan fingerprint density at radius 2 is 1.76 bits per heavy atom. The quantitative estimate of drug-likeness (QED) is 0.753. The number of carbonyl (C=O) groups excluding carboxylic acids is 1. The highest BCUT2D eigenvalue weighted by Crippen LogP contribution is 2.47. The van der Waals surface area contributed by atoms with E-state index < -0.39 is 10.0 Å². The summed E-state index contributed by atoms with van der Waals surface area (Å²) >= 11 is 0. The predicted octanol–water partition coefficient (Wildman–Crippen LogP) is 3.25. The highest BCUT2D eigenvalue weighted by Gasteiger charge is 2.49. The van der Waals surface area contributed by atoms with Crippen LogP contribution < -0.4 is 15.4 Å². The van der Waals surface area contributed by atoms with Crippen LogP contribution in [0.15, 0.2) is 59.5 Å². The molecule has 4 atom stereocenters. The van der Waals surface area contributed by atoms with Crippen LogP contribution >= 0.6 is 12.4 Å². The summed E-state index contributed by atoms with van der Waals surface area (Å²) in [5.74, 6) is 0.486. The molecule has 2 aromatic carbocycles. The van der Waals surface area contributed by atoms with Crippen molar-refractivity contribution in [2.45, 2.75) is 30.2 Å². The summed E-state index contributed by atoms with van der Waals surface area (Å²) in [6.45, 7) is 0. The number of nitrogens with zero attached hydrogens (tertiary/aromatic N) is 1. The van der Waals surface area contributed by atoms with E-state index in [0.717, 1.165) is 19.3 Å². The van der Waals surface area contributed by atoms with Crippen LogP contribution in [0, 0.1) is 17.8 Å². The Morgan fingerprint density at radius 1 is 1.07 bits per heavy atom. The molecule has 0 spiro atoms. The standard InChI is InChI=1S/C21H25N3O3S.ClH/c1-24(17-7-3-2-4-8-17)28(26,27)18-9-5-6-16(13-18)23-21(25)19-14-10-11-15(12-14)20(19)22;/h2-9,13-15,19-20H,10-12,22H2,1H3,(H,23,25);1H. The van der Waals surface area contributed by atoms with Crippen molar-refractivity contribution in [3.63, 3.8) is 0 Å². The van der Waals surface area contributed by atoms with Crippen LogP contribution in [0.1, 0.15) is 19.3 Å². The molecule has 1 amide bonds. The minimum absolute atomic E-state index is 0. The molecule has 0 heterocycles. The zero-order valence-corrected chi connectivity index (χ0v) is 17.8. The monoisotopic (exact) mass is 435 g/mol. The summed E-state index contributed by atoms with van der Waals surface area (Å²) < 4.78 is 27.2. The van der Waals surface area contributed by atoms with Crippen molar-refractivity contribution >= 4 is 39.7 Å². The van der Waals surface area contributed by atoms with Gasteiger partial charge >= 0.3 is 0 Å². The molecule has 2 aromatic rings. The molecule has 4 unspecified atom stereocenters. The van der Waals surface area contributed by atoms with E-state index in [1.807, 2.05) is 6.07 Å². The van der Waals surface area contributed by atoms with E-state index in [9.17, 15) is 13.2 Å². The Morgan fingerprint density at radius 3 is 2.41 bits per heavy atom. The Hall–Kier alpha value is -2.09. The van der Waals surface area contributed by atoms with Gasteiger partial charge in [0.1, 0.15) is 0 Å². The van der Waals surface area contributed by atoms with Crippen molar-refractivity contribution in [3.8, 4) is 0 Å². The number of para-hydroxylation sites is 1. The van der Waals surface area contributed by atoms with E-state index in [-0.39, 0.29) is 35.2 Å². The predicted molar refractivity (Wildman–Crippen MR) is 117 cm³/mol. The van der Waals surface area contributed by atoms with Gasteiger partial charge in [-0.25, -0.2) is 8.42 Å². The van der Waals surface area contributed by atoms with Gasteiger partial charge in [0.15, 0.2) is 0 Å². The molecule has 156 valence electrons. The lowest BCUT2D eigenvalue weighted by atomic mass is 9.84. The van der Waals surface area contributed by atoms with E-state index in [0.29, 0.717) is 23.2 Å². The molecule has 29 heavy (non-hydrogen) atoms. The van der Waals surface area contributed by atoms with Gasteiger partial charge in [0.25, 0.3) is 10.0 Å². The number of sulfonamides is 1. The summed E-state index contributed by atoms with van der Waals surface area (Å²) in [4.78, 5) is 12.9. The van der Waals surface area contributed by atoms with Gasteiger partial charge in [-0.1, -0.05) is 24.3 Å². The van der Waals surface area contributed by atoms with E-state index in [4.69, 9.17) is 5.73 Å². The number of halogens is 1. The maximum atomic E-state index is 13.0. The highest BCUT2D eigenvalue weighted by molar-refractivity contribution is 7.92. The van der Waals surface area contributed by atoms with Crippen LogP contribution in [0.3, 0.4) is 0 Å². The van der Waals surface area contributed by atoms with E-state index in [1.165, 1.54) is 23.5 Å². The molecular formula is C21H26ClN3O3S. The number of carbonyl (C=O) groups is 1. The van der Waals surface area contributed by atoms with Gasteiger partial charge in [0.05, 0.1) is 16.5 Å². The number of rotatable bonds is 5. The topological polar surface area (TPSA) is 92.5 Å². The maximum absolute atomic E-state index is 13.0. The average Bonchev–Trinajstić information content (AvgIpc) is 3.29. The zero-order valence-electron chi connectivity index (χ0n) is 16.2. The third-order valence-electron chi connectivity index (χ3n) is 6.16. The molecule has 8 heteroatoms. The summed E-state index contributed by atoms with van der Waals surface area (Å²) in [5, 5.41) is 2.89. The zero-order chi connectivity index (χ0) is 19.9. The van der Waals surface area contributed by atoms with Crippen molar-refractivity contribution in [3.05, 3.63) is 54.6 Å². The molecule has 2 aliphatic rings. The van der Waals surface area contributed by atoms with E-state index >= 15 is 0 Å². The number of hydrogen-bond donors (Lipinski definition) is 2. The molecule has 2 aliphatic carbocycles. The summed E-state index contributed by atoms with van der Waals surface area (Å²) in [5.41, 5.74) is 7.31. The van der Waals surface area contributed by atoms with Crippen LogP contribution in [0.5, 0.6) is 0 Å². The Kier molecular flexibility index (Phi) is 6.22. The summed E-state index contributed by atoms with van der Waals surface area (Å²) in [6.07, 6.45) is 3.18. The van der Waals surface area contributed by atoms with Crippen LogP contribution in [-0.4, -0.2) is 27.4 Å². The van der Waals surface area contributed by atoms with Crippen LogP contribution in [0.4, 0.5) is 11.4 Å². The lowest BCUT2D eigenvalue weighted by Gasteiger charge is -2.27. The fourth-order valence-electron chi connectivity index (χ4n) is 4.62. The summed E-state index contributed by atoms with van der Waals surface area (Å²) in [6, 6.07) is 15.2. The molecule has 6 nitrogen and oxygen atoms in total. The second-order valence-corrected chi connectivity index (χ2v) is 9.73. The first-order valence-corrected chi connectivity index (χ1v) is 11.0. The maximum Gasteiger partial charge on any atom is 0.264 e. The minimum atomic E-state index is -3.73. The number of benzene rings is 2. The first kappa shape index (κ1) is 21.6. The largest absolute Gasteiger partial charge is 0.327 e. The van der Waals surface area contributed by atoms with Crippen molar-refractivity contribution in [2.75, 3.05) is 16.7 Å². The number of nitrogens with two attached hydrogens (primary N) is 1. The molecular weight excluding hydrogens is 410 g/mol. The number of nitrogens with one attached hydrogen (secondary N) is 1. The van der Waals surface area contributed by atoms with Gasteiger partial charge in [-0.2, -0.15) is 0 Å². The van der Waals surface area contributed by atoms with Crippen molar-refractivity contribution in [1.29, 1.82) is 0 Å². The number of amides is 1. The lowest BCUT2D eigenvalue weighted by molar-refractivity contribution is -0.121. The van der Waals surface area contributed by atoms with Gasteiger partial charge < -0.3 is 11.1 Å². The molecule has 2 fully saturated rings. The van der Waals surface area contributed by atoms with Gasteiger partial charge in [-0.3, -0.25) is 9.10 Å².